The minimum absolute atomic E-state index is 0.0542. The monoisotopic (exact) mass is 386 g/mol. The number of hydrogen-bond donors (Lipinski definition) is 1. The quantitative estimate of drug-likeness (QED) is 0.866. The first-order chi connectivity index (χ1) is 13.2. The SMILES string of the molecule is O=C(NC1CN2CCC1CC2)c1cc2oc(N3CCSCC3=O)cc2cn1. The summed E-state index contributed by atoms with van der Waals surface area (Å²) in [6, 6.07) is 3.71. The van der Waals surface area contributed by atoms with Crippen molar-refractivity contribution in [3.05, 3.63) is 24.0 Å². The van der Waals surface area contributed by atoms with Crippen LogP contribution in [-0.2, 0) is 4.79 Å². The topological polar surface area (TPSA) is 78.7 Å². The van der Waals surface area contributed by atoms with E-state index < -0.39 is 0 Å². The van der Waals surface area contributed by atoms with Gasteiger partial charge in [-0.3, -0.25) is 19.5 Å². The number of anilines is 1. The molecule has 2 aromatic heterocycles. The van der Waals surface area contributed by atoms with E-state index in [0.717, 1.165) is 43.6 Å². The van der Waals surface area contributed by atoms with E-state index in [1.807, 2.05) is 6.07 Å². The lowest BCUT2D eigenvalue weighted by atomic mass is 9.84. The number of furan rings is 1. The summed E-state index contributed by atoms with van der Waals surface area (Å²) in [5.74, 6) is 2.38. The summed E-state index contributed by atoms with van der Waals surface area (Å²) in [5, 5.41) is 3.96. The summed E-state index contributed by atoms with van der Waals surface area (Å²) >= 11 is 1.63. The van der Waals surface area contributed by atoms with Gasteiger partial charge in [0, 0.05) is 48.6 Å². The van der Waals surface area contributed by atoms with Gasteiger partial charge in [0.15, 0.2) is 0 Å². The molecule has 2 aromatic rings. The Morgan fingerprint density at radius 3 is 2.85 bits per heavy atom. The minimum Gasteiger partial charge on any atom is -0.440 e. The number of rotatable bonds is 3. The molecule has 4 fully saturated rings. The highest BCUT2D eigenvalue weighted by Crippen LogP contribution is 2.29. The zero-order chi connectivity index (χ0) is 18.4. The normalized spacial score (nSPS) is 27.9. The Bertz CT molecular complexity index is 890. The van der Waals surface area contributed by atoms with E-state index >= 15 is 0 Å². The molecule has 4 aliphatic heterocycles. The van der Waals surface area contributed by atoms with Gasteiger partial charge in [0.25, 0.3) is 5.91 Å². The minimum atomic E-state index is -0.154. The summed E-state index contributed by atoms with van der Waals surface area (Å²) in [6.45, 7) is 3.86. The van der Waals surface area contributed by atoms with Gasteiger partial charge in [0.05, 0.1) is 5.75 Å². The van der Waals surface area contributed by atoms with Gasteiger partial charge in [-0.25, -0.2) is 0 Å². The molecule has 27 heavy (non-hydrogen) atoms. The van der Waals surface area contributed by atoms with Crippen LogP contribution in [0.4, 0.5) is 5.88 Å². The van der Waals surface area contributed by atoms with E-state index in [1.165, 1.54) is 0 Å². The number of hydrogen-bond acceptors (Lipinski definition) is 6. The van der Waals surface area contributed by atoms with Crippen molar-refractivity contribution < 1.29 is 14.0 Å². The second-order valence-electron chi connectivity index (χ2n) is 7.51. The van der Waals surface area contributed by atoms with Crippen LogP contribution >= 0.6 is 11.8 Å². The molecule has 0 saturated carbocycles. The number of nitrogens with zero attached hydrogens (tertiary/aromatic N) is 3. The zero-order valence-corrected chi connectivity index (χ0v) is 15.8. The molecular weight excluding hydrogens is 364 g/mol. The fraction of sp³-hybridized carbons (Fsp3) is 0.526. The van der Waals surface area contributed by atoms with Crippen LogP contribution in [0.2, 0.25) is 0 Å². The summed E-state index contributed by atoms with van der Waals surface area (Å²) in [7, 11) is 0. The van der Waals surface area contributed by atoms with Gasteiger partial charge in [0.2, 0.25) is 11.8 Å². The van der Waals surface area contributed by atoms with Gasteiger partial charge in [-0.05, 0) is 31.8 Å². The van der Waals surface area contributed by atoms with Crippen LogP contribution in [0.25, 0.3) is 11.0 Å². The van der Waals surface area contributed by atoms with Gasteiger partial charge >= 0.3 is 0 Å². The highest BCUT2D eigenvalue weighted by molar-refractivity contribution is 8.00. The standard InChI is InChI=1S/C19H22N4O3S/c24-17-11-27-6-5-23(17)18-7-13-9-20-14(8-16(13)26-18)19(25)21-15-10-22-3-1-12(15)2-4-22/h7-9,12,15H,1-6,10-11H2,(H,21,25). The first-order valence-corrected chi connectivity index (χ1v) is 10.6. The van der Waals surface area contributed by atoms with E-state index in [0.29, 0.717) is 35.4 Å². The average molecular weight is 386 g/mol. The molecule has 4 aliphatic rings. The molecule has 0 radical (unpaired) electrons. The first kappa shape index (κ1) is 17.1. The van der Waals surface area contributed by atoms with Gasteiger partial charge in [-0.1, -0.05) is 0 Å². The number of fused-ring (bicyclic) bond motifs is 4. The fourth-order valence-corrected chi connectivity index (χ4v) is 5.09. The van der Waals surface area contributed by atoms with Crippen LogP contribution in [0, 0.1) is 5.92 Å². The number of pyridine rings is 1. The van der Waals surface area contributed by atoms with E-state index in [2.05, 4.69) is 15.2 Å². The van der Waals surface area contributed by atoms with Gasteiger partial charge in [-0.15, -0.1) is 0 Å². The molecule has 6 heterocycles. The van der Waals surface area contributed by atoms with Crippen molar-refractivity contribution in [3.63, 3.8) is 0 Å². The van der Waals surface area contributed by atoms with Crippen molar-refractivity contribution in [2.75, 3.05) is 42.6 Å². The fourth-order valence-electron chi connectivity index (χ4n) is 4.30. The molecule has 1 atom stereocenters. The molecule has 8 heteroatoms. The molecule has 2 amide bonds. The van der Waals surface area contributed by atoms with Gasteiger partial charge in [-0.2, -0.15) is 11.8 Å². The maximum atomic E-state index is 12.7. The van der Waals surface area contributed by atoms with Crippen molar-refractivity contribution in [1.82, 2.24) is 15.2 Å². The van der Waals surface area contributed by atoms with E-state index in [1.54, 1.807) is 28.9 Å². The van der Waals surface area contributed by atoms with Crippen LogP contribution in [0.1, 0.15) is 23.3 Å². The Labute approximate surface area is 161 Å². The zero-order valence-electron chi connectivity index (χ0n) is 15.0. The van der Waals surface area contributed by atoms with Crippen molar-refractivity contribution in [1.29, 1.82) is 0 Å². The number of thioether (sulfide) groups is 1. The smallest absolute Gasteiger partial charge is 0.270 e. The maximum absolute atomic E-state index is 12.7. The van der Waals surface area contributed by atoms with Gasteiger partial charge < -0.3 is 14.6 Å². The number of carbonyl (C=O) groups excluding carboxylic acids is 2. The second-order valence-corrected chi connectivity index (χ2v) is 8.61. The second kappa shape index (κ2) is 6.83. The Hall–Kier alpha value is -2.06. The lowest BCUT2D eigenvalue weighted by molar-refractivity contribution is -0.116. The lowest BCUT2D eigenvalue weighted by Crippen LogP contribution is -2.57. The Kier molecular flexibility index (Phi) is 4.32. The molecule has 1 unspecified atom stereocenters. The van der Waals surface area contributed by atoms with Crippen LogP contribution in [-0.4, -0.2) is 65.4 Å². The predicted octanol–water partition coefficient (Wildman–Crippen LogP) is 1.73. The first-order valence-electron chi connectivity index (χ1n) is 9.48. The number of carbonyl (C=O) groups is 2. The van der Waals surface area contributed by atoms with E-state index in [-0.39, 0.29) is 17.9 Å². The van der Waals surface area contributed by atoms with Crippen LogP contribution in [0.3, 0.4) is 0 Å². The van der Waals surface area contributed by atoms with Crippen molar-refractivity contribution in [2.45, 2.75) is 18.9 Å². The third-order valence-electron chi connectivity index (χ3n) is 5.85. The van der Waals surface area contributed by atoms with Crippen molar-refractivity contribution >= 4 is 40.4 Å². The highest BCUT2D eigenvalue weighted by Gasteiger charge is 2.35. The molecular formula is C19H22N4O3S. The Morgan fingerprint density at radius 1 is 1.26 bits per heavy atom. The largest absolute Gasteiger partial charge is 0.440 e. The number of amides is 2. The van der Waals surface area contributed by atoms with Crippen molar-refractivity contribution in [3.8, 4) is 0 Å². The number of piperidine rings is 3. The Morgan fingerprint density at radius 2 is 2.11 bits per heavy atom. The summed E-state index contributed by atoms with van der Waals surface area (Å²) in [5.41, 5.74) is 0.950. The van der Waals surface area contributed by atoms with Crippen LogP contribution < -0.4 is 10.2 Å². The highest BCUT2D eigenvalue weighted by atomic mass is 32.2. The molecule has 0 aromatic carbocycles. The average Bonchev–Trinajstić information content (AvgIpc) is 3.12. The molecule has 4 saturated heterocycles. The summed E-state index contributed by atoms with van der Waals surface area (Å²) in [6.07, 6.45) is 3.96. The molecule has 0 spiro atoms. The molecule has 1 N–H and O–H groups in total. The molecule has 142 valence electrons. The lowest BCUT2D eigenvalue weighted by Gasteiger charge is -2.44. The van der Waals surface area contributed by atoms with Crippen LogP contribution in [0.5, 0.6) is 0 Å². The van der Waals surface area contributed by atoms with Crippen LogP contribution in [0.15, 0.2) is 22.7 Å². The molecule has 7 nitrogen and oxygen atoms in total. The van der Waals surface area contributed by atoms with E-state index in [9.17, 15) is 9.59 Å². The van der Waals surface area contributed by atoms with Crippen molar-refractivity contribution in [2.24, 2.45) is 5.92 Å². The number of aromatic nitrogens is 1. The van der Waals surface area contributed by atoms with Gasteiger partial charge in [0.1, 0.15) is 11.3 Å². The summed E-state index contributed by atoms with van der Waals surface area (Å²) in [4.78, 5) is 33.2. The third kappa shape index (κ3) is 3.21. The number of nitrogens with one attached hydrogen (secondary N) is 1. The molecule has 2 bridgehead atoms. The Balaban J connectivity index is 1.34. The molecule has 6 rings (SSSR count). The third-order valence-corrected chi connectivity index (χ3v) is 6.77. The molecule has 0 aliphatic carbocycles. The summed E-state index contributed by atoms with van der Waals surface area (Å²) < 4.78 is 5.88. The van der Waals surface area contributed by atoms with E-state index in [4.69, 9.17) is 4.42 Å². The maximum Gasteiger partial charge on any atom is 0.270 e. The predicted molar refractivity (Wildman–Crippen MR) is 104 cm³/mol.